The Balaban J connectivity index is 2.52. The second-order valence-electron chi connectivity index (χ2n) is 3.98. The van der Waals surface area contributed by atoms with Crippen LogP contribution in [0.2, 0.25) is 0 Å². The summed E-state index contributed by atoms with van der Waals surface area (Å²) in [6, 6.07) is 3.79. The van der Waals surface area contributed by atoms with E-state index in [1.165, 1.54) is 0 Å². The van der Waals surface area contributed by atoms with Gasteiger partial charge in [-0.05, 0) is 37.3 Å². The summed E-state index contributed by atoms with van der Waals surface area (Å²) in [5.41, 5.74) is 6.83. The van der Waals surface area contributed by atoms with E-state index in [-0.39, 0.29) is 0 Å². The highest BCUT2D eigenvalue weighted by Gasteiger charge is 2.34. The molecule has 1 unspecified atom stereocenters. The van der Waals surface area contributed by atoms with Crippen LogP contribution in [0.25, 0.3) is 0 Å². The Kier molecular flexibility index (Phi) is 2.19. The van der Waals surface area contributed by atoms with E-state index in [0.29, 0.717) is 12.2 Å². The number of nitrogens with zero attached hydrogens (tertiary/aromatic N) is 1. The number of fused-ring (bicyclic) bond motifs is 1. The number of aromatic nitrogens is 1. The lowest BCUT2D eigenvalue weighted by Crippen LogP contribution is -2.31. The summed E-state index contributed by atoms with van der Waals surface area (Å²) in [5, 5.41) is 10.3. The minimum absolute atomic E-state index is 0.498. The highest BCUT2D eigenvalue weighted by Crippen LogP contribution is 2.36. The largest absolute Gasteiger partial charge is 0.384 e. The molecule has 1 aliphatic carbocycles. The van der Waals surface area contributed by atoms with Gasteiger partial charge in [-0.15, -0.1) is 0 Å². The van der Waals surface area contributed by atoms with Gasteiger partial charge < -0.3 is 10.8 Å². The average Bonchev–Trinajstić information content (AvgIpc) is 2.20. The molecular weight excluding hydrogens is 176 g/mol. The predicted octanol–water partition coefficient (Wildman–Crippen LogP) is 1.60. The monoisotopic (exact) mass is 192 g/mol. The maximum Gasteiger partial charge on any atom is 0.123 e. The zero-order chi connectivity index (χ0) is 10.2. The molecule has 1 atom stereocenters. The third kappa shape index (κ3) is 1.38. The molecule has 0 aliphatic heterocycles. The molecule has 2 rings (SSSR count). The van der Waals surface area contributed by atoms with Crippen molar-refractivity contribution in [2.24, 2.45) is 0 Å². The van der Waals surface area contributed by atoms with Gasteiger partial charge in [-0.2, -0.15) is 0 Å². The zero-order valence-corrected chi connectivity index (χ0v) is 8.45. The fourth-order valence-electron chi connectivity index (χ4n) is 2.14. The molecule has 0 amide bonds. The van der Waals surface area contributed by atoms with Gasteiger partial charge in [0.2, 0.25) is 0 Å². The Morgan fingerprint density at radius 2 is 2.36 bits per heavy atom. The second-order valence-corrected chi connectivity index (χ2v) is 3.98. The molecule has 1 aromatic rings. The molecule has 14 heavy (non-hydrogen) atoms. The molecule has 0 spiro atoms. The fourth-order valence-corrected chi connectivity index (χ4v) is 2.14. The number of hydrogen-bond donors (Lipinski definition) is 2. The van der Waals surface area contributed by atoms with Crippen molar-refractivity contribution in [1.29, 1.82) is 0 Å². The van der Waals surface area contributed by atoms with Crippen LogP contribution < -0.4 is 5.73 Å². The molecular formula is C11H16N2O. The van der Waals surface area contributed by atoms with Crippen LogP contribution in [0.15, 0.2) is 12.1 Å². The van der Waals surface area contributed by atoms with Crippen molar-refractivity contribution >= 4 is 5.82 Å². The number of aliphatic hydroxyl groups is 1. The molecule has 1 aliphatic rings. The fraction of sp³-hybridized carbons (Fsp3) is 0.545. The van der Waals surface area contributed by atoms with Crippen LogP contribution in [0.4, 0.5) is 5.82 Å². The highest BCUT2D eigenvalue weighted by atomic mass is 16.3. The third-order valence-corrected chi connectivity index (χ3v) is 3.06. The van der Waals surface area contributed by atoms with Gasteiger partial charge in [0.15, 0.2) is 0 Å². The van der Waals surface area contributed by atoms with Crippen LogP contribution in [0.5, 0.6) is 0 Å². The smallest absolute Gasteiger partial charge is 0.123 e. The van der Waals surface area contributed by atoms with Crippen molar-refractivity contribution < 1.29 is 5.11 Å². The van der Waals surface area contributed by atoms with E-state index in [1.807, 2.05) is 13.0 Å². The van der Waals surface area contributed by atoms with Crippen molar-refractivity contribution in [1.82, 2.24) is 4.98 Å². The van der Waals surface area contributed by atoms with Crippen molar-refractivity contribution in [2.75, 3.05) is 5.73 Å². The molecule has 0 saturated carbocycles. The topological polar surface area (TPSA) is 59.1 Å². The molecule has 0 bridgehead atoms. The van der Waals surface area contributed by atoms with Gasteiger partial charge in [-0.3, -0.25) is 0 Å². The number of hydrogen-bond acceptors (Lipinski definition) is 3. The average molecular weight is 192 g/mol. The van der Waals surface area contributed by atoms with Crippen molar-refractivity contribution in [2.45, 2.75) is 38.2 Å². The first-order chi connectivity index (χ1) is 6.65. The van der Waals surface area contributed by atoms with Gasteiger partial charge in [0.25, 0.3) is 0 Å². The third-order valence-electron chi connectivity index (χ3n) is 3.06. The van der Waals surface area contributed by atoms with E-state index >= 15 is 0 Å². The summed E-state index contributed by atoms with van der Waals surface area (Å²) in [5.74, 6) is 0.498. The predicted molar refractivity (Wildman–Crippen MR) is 55.8 cm³/mol. The van der Waals surface area contributed by atoms with Crippen LogP contribution in [0, 0.1) is 0 Å². The molecule has 76 valence electrons. The Hall–Kier alpha value is -1.09. The summed E-state index contributed by atoms with van der Waals surface area (Å²) < 4.78 is 0. The number of anilines is 1. The summed E-state index contributed by atoms with van der Waals surface area (Å²) in [6.07, 6.45) is 3.54. The molecule has 0 radical (unpaired) electrons. The Morgan fingerprint density at radius 3 is 3.07 bits per heavy atom. The van der Waals surface area contributed by atoms with Crippen molar-refractivity contribution in [3.8, 4) is 0 Å². The van der Waals surface area contributed by atoms with Crippen LogP contribution >= 0.6 is 0 Å². The first-order valence-corrected chi connectivity index (χ1v) is 5.14. The van der Waals surface area contributed by atoms with Crippen LogP contribution in [-0.2, 0) is 12.0 Å². The van der Waals surface area contributed by atoms with E-state index in [0.717, 1.165) is 30.5 Å². The summed E-state index contributed by atoms with van der Waals surface area (Å²) in [7, 11) is 0. The lowest BCUT2D eigenvalue weighted by Gasteiger charge is -2.32. The Labute approximate surface area is 84.0 Å². The molecule has 0 fully saturated rings. The molecule has 3 N–H and O–H groups in total. The van der Waals surface area contributed by atoms with Gasteiger partial charge in [0.1, 0.15) is 11.4 Å². The number of rotatable bonds is 1. The standard InChI is InChI=1S/C11H16N2O/c1-2-11(14)7-3-4-8-5-6-9(12)13-10(8)11/h5-6,14H,2-4,7H2,1H3,(H2,12,13). The van der Waals surface area contributed by atoms with E-state index in [2.05, 4.69) is 4.98 Å². The number of pyridine rings is 1. The van der Waals surface area contributed by atoms with Crippen LogP contribution in [-0.4, -0.2) is 10.1 Å². The first kappa shape index (κ1) is 9.46. The Bertz CT molecular complexity index is 351. The lowest BCUT2D eigenvalue weighted by atomic mass is 9.81. The van der Waals surface area contributed by atoms with Crippen LogP contribution in [0.1, 0.15) is 37.4 Å². The van der Waals surface area contributed by atoms with E-state index in [1.54, 1.807) is 6.07 Å². The van der Waals surface area contributed by atoms with Gasteiger partial charge >= 0.3 is 0 Å². The number of aryl methyl sites for hydroxylation is 1. The van der Waals surface area contributed by atoms with Gasteiger partial charge in [0.05, 0.1) is 5.69 Å². The van der Waals surface area contributed by atoms with E-state index in [4.69, 9.17) is 5.73 Å². The number of nitrogens with two attached hydrogens (primary N) is 1. The summed E-state index contributed by atoms with van der Waals surface area (Å²) in [4.78, 5) is 4.27. The quantitative estimate of drug-likeness (QED) is 0.710. The first-order valence-electron chi connectivity index (χ1n) is 5.14. The van der Waals surface area contributed by atoms with Gasteiger partial charge in [-0.25, -0.2) is 4.98 Å². The maximum atomic E-state index is 10.3. The van der Waals surface area contributed by atoms with E-state index in [9.17, 15) is 5.11 Å². The summed E-state index contributed by atoms with van der Waals surface area (Å²) in [6.45, 7) is 1.99. The van der Waals surface area contributed by atoms with Crippen molar-refractivity contribution in [3.05, 3.63) is 23.4 Å². The summed E-state index contributed by atoms with van der Waals surface area (Å²) >= 11 is 0. The highest BCUT2D eigenvalue weighted by molar-refractivity contribution is 5.38. The Morgan fingerprint density at radius 1 is 1.57 bits per heavy atom. The lowest BCUT2D eigenvalue weighted by molar-refractivity contribution is 0.0105. The molecule has 3 heteroatoms. The van der Waals surface area contributed by atoms with E-state index < -0.39 is 5.60 Å². The minimum atomic E-state index is -0.747. The van der Waals surface area contributed by atoms with Crippen molar-refractivity contribution in [3.63, 3.8) is 0 Å². The second kappa shape index (κ2) is 3.24. The zero-order valence-electron chi connectivity index (χ0n) is 8.45. The van der Waals surface area contributed by atoms with Gasteiger partial charge in [0, 0.05) is 0 Å². The molecule has 0 saturated heterocycles. The molecule has 1 aromatic heterocycles. The van der Waals surface area contributed by atoms with Gasteiger partial charge in [-0.1, -0.05) is 13.0 Å². The number of nitrogen functional groups attached to an aromatic ring is 1. The van der Waals surface area contributed by atoms with Crippen LogP contribution in [0.3, 0.4) is 0 Å². The SMILES string of the molecule is CCC1(O)CCCc2ccc(N)nc21. The molecule has 0 aromatic carbocycles. The molecule has 3 nitrogen and oxygen atoms in total. The minimum Gasteiger partial charge on any atom is -0.384 e. The molecule has 1 heterocycles. The normalized spacial score (nSPS) is 25.9. The maximum absolute atomic E-state index is 10.3.